The van der Waals surface area contributed by atoms with Gasteiger partial charge in [0, 0.05) is 17.1 Å². The van der Waals surface area contributed by atoms with Crippen molar-refractivity contribution >= 4 is 28.4 Å². The fourth-order valence-electron chi connectivity index (χ4n) is 3.63. The molecule has 4 rings (SSSR count). The maximum Gasteiger partial charge on any atom is 0.229 e. The highest BCUT2D eigenvalue weighted by atomic mass is 15.2. The van der Waals surface area contributed by atoms with Crippen LogP contribution in [0.3, 0.4) is 0 Å². The molecular formula is C22H26N4. The summed E-state index contributed by atoms with van der Waals surface area (Å²) in [5.41, 5.74) is 4.53. The van der Waals surface area contributed by atoms with Crippen molar-refractivity contribution in [1.82, 2.24) is 9.97 Å². The molecule has 1 fully saturated rings. The lowest BCUT2D eigenvalue weighted by atomic mass is 9.95. The summed E-state index contributed by atoms with van der Waals surface area (Å²) in [5.74, 6) is 1.58. The Morgan fingerprint density at radius 1 is 0.885 bits per heavy atom. The maximum atomic E-state index is 4.81. The van der Waals surface area contributed by atoms with E-state index in [2.05, 4.69) is 54.8 Å². The van der Waals surface area contributed by atoms with Crippen LogP contribution in [0.4, 0.5) is 17.5 Å². The van der Waals surface area contributed by atoms with E-state index >= 15 is 0 Å². The van der Waals surface area contributed by atoms with E-state index in [9.17, 15) is 0 Å². The molecule has 4 heteroatoms. The Kier molecular flexibility index (Phi) is 4.74. The van der Waals surface area contributed by atoms with Gasteiger partial charge in [0.25, 0.3) is 0 Å². The Hall–Kier alpha value is -2.62. The van der Waals surface area contributed by atoms with Crippen LogP contribution in [0.25, 0.3) is 10.9 Å². The van der Waals surface area contributed by atoms with E-state index < -0.39 is 0 Å². The van der Waals surface area contributed by atoms with Crippen molar-refractivity contribution in [3.63, 3.8) is 0 Å². The van der Waals surface area contributed by atoms with Gasteiger partial charge in [0.05, 0.1) is 5.52 Å². The van der Waals surface area contributed by atoms with E-state index in [0.717, 1.165) is 22.4 Å². The van der Waals surface area contributed by atoms with E-state index in [1.807, 2.05) is 12.1 Å². The van der Waals surface area contributed by atoms with Gasteiger partial charge < -0.3 is 10.6 Å². The second-order valence-electron chi connectivity index (χ2n) is 7.32. The van der Waals surface area contributed by atoms with Crippen LogP contribution in [0.15, 0.2) is 42.5 Å². The predicted molar refractivity (Wildman–Crippen MR) is 109 cm³/mol. The Balaban J connectivity index is 1.67. The first-order valence-electron chi connectivity index (χ1n) is 9.56. The largest absolute Gasteiger partial charge is 0.367 e. The van der Waals surface area contributed by atoms with Crippen LogP contribution in [0, 0.1) is 13.8 Å². The van der Waals surface area contributed by atoms with Crippen molar-refractivity contribution in [3.05, 3.63) is 53.6 Å². The van der Waals surface area contributed by atoms with Gasteiger partial charge in [-0.2, -0.15) is 4.98 Å². The summed E-state index contributed by atoms with van der Waals surface area (Å²) in [7, 11) is 0. The van der Waals surface area contributed by atoms with Crippen LogP contribution in [0.1, 0.15) is 43.2 Å². The SMILES string of the molecule is Cc1ccc(Nc2nc(NC3CCCCC3)c3ccccc3n2)cc1C. The number of anilines is 3. The van der Waals surface area contributed by atoms with Crippen LogP contribution in [-0.4, -0.2) is 16.0 Å². The van der Waals surface area contributed by atoms with Crippen molar-refractivity contribution in [2.24, 2.45) is 0 Å². The number of aromatic nitrogens is 2. The van der Waals surface area contributed by atoms with Gasteiger partial charge in [-0.1, -0.05) is 37.5 Å². The third kappa shape index (κ3) is 3.64. The summed E-state index contributed by atoms with van der Waals surface area (Å²) in [6.45, 7) is 4.25. The van der Waals surface area contributed by atoms with Gasteiger partial charge in [0.2, 0.25) is 5.95 Å². The minimum Gasteiger partial charge on any atom is -0.367 e. The number of nitrogens with one attached hydrogen (secondary N) is 2. The number of benzene rings is 2. The molecule has 0 saturated heterocycles. The molecule has 0 unspecified atom stereocenters. The quantitative estimate of drug-likeness (QED) is 0.633. The number of hydrogen-bond donors (Lipinski definition) is 2. The number of para-hydroxylation sites is 1. The predicted octanol–water partition coefficient (Wildman–Crippen LogP) is 5.73. The summed E-state index contributed by atoms with van der Waals surface area (Å²) in [5, 5.41) is 8.15. The lowest BCUT2D eigenvalue weighted by Crippen LogP contribution is -2.23. The summed E-state index contributed by atoms with van der Waals surface area (Å²) in [6, 6.07) is 15.1. The summed E-state index contributed by atoms with van der Waals surface area (Å²) in [4.78, 5) is 9.52. The molecular weight excluding hydrogens is 320 g/mol. The molecule has 0 spiro atoms. The average molecular weight is 346 g/mol. The Bertz CT molecular complexity index is 913. The van der Waals surface area contributed by atoms with Crippen LogP contribution in [0.5, 0.6) is 0 Å². The van der Waals surface area contributed by atoms with Gasteiger partial charge >= 0.3 is 0 Å². The van der Waals surface area contributed by atoms with Crippen LogP contribution in [0.2, 0.25) is 0 Å². The van der Waals surface area contributed by atoms with Gasteiger partial charge in [-0.25, -0.2) is 4.98 Å². The molecule has 134 valence electrons. The summed E-state index contributed by atoms with van der Waals surface area (Å²) < 4.78 is 0. The van der Waals surface area contributed by atoms with Gasteiger partial charge in [0.15, 0.2) is 0 Å². The minimum atomic E-state index is 0.511. The van der Waals surface area contributed by atoms with E-state index in [-0.39, 0.29) is 0 Å². The normalized spacial score (nSPS) is 15.2. The lowest BCUT2D eigenvalue weighted by molar-refractivity contribution is 0.462. The molecule has 0 atom stereocenters. The fraction of sp³-hybridized carbons (Fsp3) is 0.364. The third-order valence-electron chi connectivity index (χ3n) is 5.31. The number of hydrogen-bond acceptors (Lipinski definition) is 4. The molecule has 4 nitrogen and oxygen atoms in total. The highest BCUT2D eigenvalue weighted by Crippen LogP contribution is 2.27. The van der Waals surface area contributed by atoms with E-state index in [1.165, 1.54) is 43.2 Å². The molecule has 26 heavy (non-hydrogen) atoms. The standard InChI is InChI=1S/C22H26N4/c1-15-12-13-18(14-16(15)2)24-22-25-20-11-7-6-10-19(20)21(26-22)23-17-8-4-3-5-9-17/h6-7,10-14,17H,3-5,8-9H2,1-2H3,(H2,23,24,25,26). The molecule has 0 aliphatic heterocycles. The molecule has 0 amide bonds. The first kappa shape index (κ1) is 16.8. The number of aryl methyl sites for hydroxylation is 2. The monoisotopic (exact) mass is 346 g/mol. The summed E-state index contributed by atoms with van der Waals surface area (Å²) >= 11 is 0. The first-order valence-corrected chi connectivity index (χ1v) is 9.56. The smallest absolute Gasteiger partial charge is 0.229 e. The summed E-state index contributed by atoms with van der Waals surface area (Å²) in [6.07, 6.45) is 6.39. The van der Waals surface area contributed by atoms with Crippen molar-refractivity contribution in [1.29, 1.82) is 0 Å². The minimum absolute atomic E-state index is 0.511. The molecule has 2 N–H and O–H groups in total. The van der Waals surface area contributed by atoms with Crippen molar-refractivity contribution in [2.75, 3.05) is 10.6 Å². The number of fused-ring (bicyclic) bond motifs is 1. The van der Waals surface area contributed by atoms with Crippen molar-refractivity contribution in [2.45, 2.75) is 52.0 Å². The second-order valence-corrected chi connectivity index (χ2v) is 7.32. The van der Waals surface area contributed by atoms with Crippen LogP contribution < -0.4 is 10.6 Å². The van der Waals surface area contributed by atoms with Gasteiger partial charge in [-0.15, -0.1) is 0 Å². The number of rotatable bonds is 4. The fourth-order valence-corrected chi connectivity index (χ4v) is 3.63. The first-order chi connectivity index (χ1) is 12.7. The molecule has 0 radical (unpaired) electrons. The molecule has 2 aromatic carbocycles. The highest BCUT2D eigenvalue weighted by molar-refractivity contribution is 5.90. The van der Waals surface area contributed by atoms with Crippen molar-refractivity contribution in [3.8, 4) is 0 Å². The van der Waals surface area contributed by atoms with Gasteiger partial charge in [-0.3, -0.25) is 0 Å². The third-order valence-corrected chi connectivity index (χ3v) is 5.31. The molecule has 0 bridgehead atoms. The lowest BCUT2D eigenvalue weighted by Gasteiger charge is -2.24. The Labute approximate surface area is 155 Å². The average Bonchev–Trinajstić information content (AvgIpc) is 2.66. The Morgan fingerprint density at radius 3 is 2.50 bits per heavy atom. The maximum absolute atomic E-state index is 4.81. The van der Waals surface area contributed by atoms with Crippen LogP contribution in [-0.2, 0) is 0 Å². The zero-order chi connectivity index (χ0) is 17.9. The molecule has 1 saturated carbocycles. The van der Waals surface area contributed by atoms with Gasteiger partial charge in [0.1, 0.15) is 5.82 Å². The molecule has 1 aliphatic rings. The Morgan fingerprint density at radius 2 is 1.69 bits per heavy atom. The molecule has 1 aromatic heterocycles. The van der Waals surface area contributed by atoms with Crippen LogP contribution >= 0.6 is 0 Å². The molecule has 3 aromatic rings. The zero-order valence-electron chi connectivity index (χ0n) is 15.5. The highest BCUT2D eigenvalue weighted by Gasteiger charge is 2.16. The van der Waals surface area contributed by atoms with E-state index in [4.69, 9.17) is 9.97 Å². The van der Waals surface area contributed by atoms with Gasteiger partial charge in [-0.05, 0) is 62.1 Å². The topological polar surface area (TPSA) is 49.8 Å². The van der Waals surface area contributed by atoms with E-state index in [1.54, 1.807) is 0 Å². The van der Waals surface area contributed by atoms with E-state index in [0.29, 0.717) is 12.0 Å². The molecule has 1 aliphatic carbocycles. The molecule has 1 heterocycles. The zero-order valence-corrected chi connectivity index (χ0v) is 15.5. The number of nitrogens with zero attached hydrogens (tertiary/aromatic N) is 2. The second kappa shape index (κ2) is 7.32. The van der Waals surface area contributed by atoms with Crippen molar-refractivity contribution < 1.29 is 0 Å².